The number of carbonyl (C=O) groups excluding carboxylic acids is 1. The van der Waals surface area contributed by atoms with E-state index in [0.717, 1.165) is 83.5 Å². The van der Waals surface area contributed by atoms with Crippen LogP contribution in [0, 0.1) is 0 Å². The van der Waals surface area contributed by atoms with Gasteiger partial charge in [-0.2, -0.15) is 0 Å². The number of phosphoric ester groups is 1. The maximum atomic E-state index is 12.7. The van der Waals surface area contributed by atoms with E-state index in [2.05, 4.69) is 98.9 Å². The first-order valence-corrected chi connectivity index (χ1v) is 28.6. The number of esters is 1. The van der Waals surface area contributed by atoms with Gasteiger partial charge in [-0.3, -0.25) is 18.6 Å². The SMILES string of the molecule is CC/C=C\C/C=C\C/C=C\C/C=C\C/C=C\C/C=C\C/C=C\CCCCOCC(COP(=O)(O)OCC(N)C(=O)O)OC(=O)CCCCCCCCCCCCCCCCCCCCCCCC. The van der Waals surface area contributed by atoms with E-state index in [1.165, 1.54) is 116 Å². The molecule has 11 heteroatoms. The molecule has 4 N–H and O–H groups in total. The Hall–Kier alpha value is -2.85. The molecule has 3 unspecified atom stereocenters. The quantitative estimate of drug-likeness (QED) is 0.0232. The molecule has 392 valence electrons. The van der Waals surface area contributed by atoms with Gasteiger partial charge in [0.1, 0.15) is 12.1 Å². The normalized spacial score (nSPS) is 14.3. The average Bonchev–Trinajstić information content (AvgIpc) is 3.32. The summed E-state index contributed by atoms with van der Waals surface area (Å²) in [5, 5.41) is 8.94. The molecule has 0 bridgehead atoms. The summed E-state index contributed by atoms with van der Waals surface area (Å²) in [6, 6.07) is -1.48. The lowest BCUT2D eigenvalue weighted by atomic mass is 10.0. The molecule has 0 aliphatic carbocycles. The second-order valence-electron chi connectivity index (χ2n) is 18.0. The molecule has 0 aromatic rings. The lowest BCUT2D eigenvalue weighted by molar-refractivity contribution is -0.154. The summed E-state index contributed by atoms with van der Waals surface area (Å²) < 4.78 is 33.5. The molecule has 10 nitrogen and oxygen atoms in total. The zero-order chi connectivity index (χ0) is 49.7. The van der Waals surface area contributed by atoms with Gasteiger partial charge in [0.25, 0.3) is 0 Å². The van der Waals surface area contributed by atoms with Crippen molar-refractivity contribution in [1.29, 1.82) is 0 Å². The van der Waals surface area contributed by atoms with Gasteiger partial charge in [0.05, 0.1) is 19.8 Å². The maximum Gasteiger partial charge on any atom is 0.472 e. The third kappa shape index (κ3) is 51.0. The number of rotatable bonds is 51. The topological polar surface area (TPSA) is 155 Å². The van der Waals surface area contributed by atoms with E-state index in [4.69, 9.17) is 29.4 Å². The van der Waals surface area contributed by atoms with Crippen molar-refractivity contribution in [1.82, 2.24) is 0 Å². The molecule has 0 aliphatic heterocycles. The van der Waals surface area contributed by atoms with Crippen molar-refractivity contribution >= 4 is 19.8 Å². The van der Waals surface area contributed by atoms with Crippen LogP contribution in [0.5, 0.6) is 0 Å². The number of nitrogens with two attached hydrogens (primary N) is 1. The number of hydrogen-bond acceptors (Lipinski definition) is 8. The van der Waals surface area contributed by atoms with Crippen molar-refractivity contribution in [3.63, 3.8) is 0 Å². The fourth-order valence-electron chi connectivity index (χ4n) is 7.29. The van der Waals surface area contributed by atoms with E-state index in [1.807, 2.05) is 0 Å². The number of carboxylic acids is 1. The van der Waals surface area contributed by atoms with Crippen molar-refractivity contribution in [2.45, 2.75) is 238 Å². The minimum atomic E-state index is -4.64. The van der Waals surface area contributed by atoms with Crippen LogP contribution in [0.4, 0.5) is 0 Å². The van der Waals surface area contributed by atoms with E-state index in [-0.39, 0.29) is 13.0 Å². The van der Waals surface area contributed by atoms with Crippen molar-refractivity contribution in [2.75, 3.05) is 26.4 Å². The number of aliphatic carboxylic acids is 1. The van der Waals surface area contributed by atoms with E-state index in [1.54, 1.807) is 0 Å². The van der Waals surface area contributed by atoms with Gasteiger partial charge in [-0.25, -0.2) is 4.57 Å². The maximum absolute atomic E-state index is 12.7. The number of hydrogen-bond donors (Lipinski definition) is 3. The molecule has 0 fully saturated rings. The van der Waals surface area contributed by atoms with E-state index < -0.39 is 45.1 Å². The molecular weight excluding hydrogens is 874 g/mol. The highest BCUT2D eigenvalue weighted by Gasteiger charge is 2.27. The molecule has 0 amide bonds. The first kappa shape index (κ1) is 65.1. The third-order valence-electron chi connectivity index (χ3n) is 11.4. The van der Waals surface area contributed by atoms with Crippen LogP contribution >= 0.6 is 7.82 Å². The smallest absolute Gasteiger partial charge is 0.472 e. The van der Waals surface area contributed by atoms with Gasteiger partial charge in [-0.05, 0) is 70.6 Å². The molecule has 0 spiro atoms. The number of carbonyl (C=O) groups is 2. The Morgan fingerprint density at radius 1 is 0.485 bits per heavy atom. The lowest BCUT2D eigenvalue weighted by Crippen LogP contribution is -2.34. The number of unbranched alkanes of at least 4 members (excludes halogenated alkanes) is 23. The summed E-state index contributed by atoms with van der Waals surface area (Å²) in [7, 11) is -4.64. The highest BCUT2D eigenvalue weighted by molar-refractivity contribution is 7.47. The Morgan fingerprint density at radius 3 is 1.25 bits per heavy atom. The average molecular weight is 974 g/mol. The summed E-state index contributed by atoms with van der Waals surface area (Å²) in [5.41, 5.74) is 5.38. The standard InChI is InChI=1S/C57H100NO9P/c1-3-5-7-9-11-13-15-17-19-21-23-25-27-28-30-32-34-36-38-40-42-44-46-48-50-64-51-54(52-65-68(62,63)66-53-55(58)57(60)61)67-56(59)49-47-45-43-41-39-37-35-33-31-29-26-24-22-20-18-16-14-12-10-8-6-4-2/h5,7,11,13,17,19,23,25,28,30,34,36,40,42,54-55H,3-4,6,8-10,12,14-16,18,20-22,24,26-27,29,31-33,35,37-39,41,43-53,58H2,1-2H3,(H,60,61)(H,62,63)/b7-5-,13-11-,19-17-,25-23-,30-28-,36-34-,42-40-. The van der Waals surface area contributed by atoms with Crippen LogP contribution in [-0.4, -0.2) is 60.5 Å². The molecule has 0 saturated heterocycles. The first-order valence-electron chi connectivity index (χ1n) is 27.1. The van der Waals surface area contributed by atoms with Crippen LogP contribution in [0.3, 0.4) is 0 Å². The second kappa shape index (κ2) is 52.0. The van der Waals surface area contributed by atoms with Gasteiger partial charge in [0.2, 0.25) is 0 Å². The van der Waals surface area contributed by atoms with E-state index in [9.17, 15) is 19.0 Å². The second-order valence-corrected chi connectivity index (χ2v) is 19.4. The molecule has 3 atom stereocenters. The van der Waals surface area contributed by atoms with Gasteiger partial charge in [-0.1, -0.05) is 234 Å². The molecule has 0 rings (SSSR count). The Balaban J connectivity index is 4.20. The largest absolute Gasteiger partial charge is 0.480 e. The molecule has 0 saturated carbocycles. The van der Waals surface area contributed by atoms with Crippen molar-refractivity contribution < 1.29 is 42.7 Å². The molecule has 0 radical (unpaired) electrons. The van der Waals surface area contributed by atoms with Crippen LogP contribution in [-0.2, 0) is 32.7 Å². The van der Waals surface area contributed by atoms with Crippen LogP contribution in [0.15, 0.2) is 85.1 Å². The predicted molar refractivity (Wildman–Crippen MR) is 286 cm³/mol. The van der Waals surface area contributed by atoms with Crippen LogP contribution in [0.25, 0.3) is 0 Å². The predicted octanol–water partition coefficient (Wildman–Crippen LogP) is 16.3. The third-order valence-corrected chi connectivity index (χ3v) is 12.4. The molecule has 68 heavy (non-hydrogen) atoms. The van der Waals surface area contributed by atoms with E-state index >= 15 is 0 Å². The molecule has 0 aromatic carbocycles. The minimum Gasteiger partial charge on any atom is -0.480 e. The van der Waals surface area contributed by atoms with Crippen LogP contribution < -0.4 is 5.73 Å². The molecular formula is C57H100NO9P. The Bertz CT molecular complexity index is 1400. The zero-order valence-corrected chi connectivity index (χ0v) is 44.1. The number of allylic oxidation sites excluding steroid dienone is 14. The number of ether oxygens (including phenoxy) is 2. The fourth-order valence-corrected chi connectivity index (χ4v) is 8.07. The van der Waals surface area contributed by atoms with Gasteiger partial charge in [0, 0.05) is 13.0 Å². The lowest BCUT2D eigenvalue weighted by Gasteiger charge is -2.20. The van der Waals surface area contributed by atoms with Gasteiger partial charge >= 0.3 is 19.8 Å². The molecule has 0 aliphatic rings. The highest BCUT2D eigenvalue weighted by atomic mass is 31.2. The summed E-state index contributed by atoms with van der Waals surface area (Å²) >= 11 is 0. The summed E-state index contributed by atoms with van der Waals surface area (Å²) in [5.74, 6) is -1.80. The van der Waals surface area contributed by atoms with E-state index in [0.29, 0.717) is 13.0 Å². The minimum absolute atomic E-state index is 0.0156. The van der Waals surface area contributed by atoms with Crippen LogP contribution in [0.1, 0.15) is 226 Å². The Kier molecular flexibility index (Phi) is 49.8. The zero-order valence-electron chi connectivity index (χ0n) is 43.2. The molecule has 0 aromatic heterocycles. The first-order chi connectivity index (χ1) is 33.2. The Labute approximate surface area is 416 Å². The van der Waals surface area contributed by atoms with Crippen molar-refractivity contribution in [2.24, 2.45) is 5.73 Å². The number of carboxylic acid groups (broad SMARTS) is 1. The van der Waals surface area contributed by atoms with Gasteiger partial charge in [-0.15, -0.1) is 0 Å². The summed E-state index contributed by atoms with van der Waals surface area (Å²) in [6.45, 7) is 3.68. The highest BCUT2D eigenvalue weighted by Crippen LogP contribution is 2.43. The van der Waals surface area contributed by atoms with Gasteiger partial charge < -0.3 is 25.2 Å². The molecule has 0 heterocycles. The summed E-state index contributed by atoms with van der Waals surface area (Å²) in [6.07, 6.45) is 68.0. The fraction of sp³-hybridized carbons (Fsp3) is 0.719. The van der Waals surface area contributed by atoms with Gasteiger partial charge in [0.15, 0.2) is 0 Å². The van der Waals surface area contributed by atoms with Crippen molar-refractivity contribution in [3.05, 3.63) is 85.1 Å². The van der Waals surface area contributed by atoms with Crippen LogP contribution in [0.2, 0.25) is 0 Å². The van der Waals surface area contributed by atoms with Crippen molar-refractivity contribution in [3.8, 4) is 0 Å². The number of phosphoric acid groups is 1. The summed E-state index contributed by atoms with van der Waals surface area (Å²) in [4.78, 5) is 33.7. The Morgan fingerprint density at radius 2 is 0.853 bits per heavy atom. The monoisotopic (exact) mass is 974 g/mol.